The Morgan fingerprint density at radius 3 is 2.50 bits per heavy atom. The Labute approximate surface area is 96.1 Å². The Kier molecular flexibility index (Phi) is 3.91. The zero-order valence-electron chi connectivity index (χ0n) is 10.3. The molecule has 1 heterocycles. The summed E-state index contributed by atoms with van der Waals surface area (Å²) in [6.45, 7) is 8.31. The number of ether oxygens (including phenoxy) is 1. The number of carbonyl (C=O) groups is 2. The summed E-state index contributed by atoms with van der Waals surface area (Å²) in [5.41, 5.74) is -0.535. The largest absolute Gasteiger partial charge is 0.444 e. The van der Waals surface area contributed by atoms with E-state index in [-0.39, 0.29) is 5.78 Å². The maximum atomic E-state index is 11.8. The molecule has 1 radical (unpaired) electrons. The standard InChI is InChI=1S/C11H19N2O3/c1-8(14)9-7-12-5-6-13(9)10(15)16-11(2,3)4/h9H,5-7H2,1-4H3. The highest BCUT2D eigenvalue weighted by Crippen LogP contribution is 2.13. The fourth-order valence-electron chi connectivity index (χ4n) is 1.53. The van der Waals surface area contributed by atoms with Crippen LogP contribution in [0.2, 0.25) is 0 Å². The lowest BCUT2D eigenvalue weighted by atomic mass is 10.1. The first kappa shape index (κ1) is 13.0. The van der Waals surface area contributed by atoms with Crippen LogP contribution in [-0.2, 0) is 9.53 Å². The van der Waals surface area contributed by atoms with Gasteiger partial charge >= 0.3 is 6.09 Å². The quantitative estimate of drug-likeness (QED) is 0.665. The summed E-state index contributed by atoms with van der Waals surface area (Å²) in [5.74, 6) is -0.0469. The molecule has 5 nitrogen and oxygen atoms in total. The minimum atomic E-state index is -0.535. The molecule has 1 fully saturated rings. The lowest BCUT2D eigenvalue weighted by Gasteiger charge is -2.35. The molecule has 1 aliphatic heterocycles. The van der Waals surface area contributed by atoms with Gasteiger partial charge in [0.2, 0.25) is 0 Å². The molecule has 0 bridgehead atoms. The van der Waals surface area contributed by atoms with Gasteiger partial charge in [0.1, 0.15) is 11.6 Å². The molecular weight excluding hydrogens is 208 g/mol. The fraction of sp³-hybridized carbons (Fsp3) is 0.818. The van der Waals surface area contributed by atoms with E-state index in [1.807, 2.05) is 20.8 Å². The monoisotopic (exact) mass is 227 g/mol. The predicted molar refractivity (Wildman–Crippen MR) is 59.3 cm³/mol. The van der Waals surface area contributed by atoms with Gasteiger partial charge in [-0.3, -0.25) is 9.69 Å². The molecule has 5 heteroatoms. The smallest absolute Gasteiger partial charge is 0.410 e. The molecule has 1 unspecified atom stereocenters. The molecular formula is C11H19N2O3. The topological polar surface area (TPSA) is 60.7 Å². The van der Waals surface area contributed by atoms with E-state index in [1.165, 1.54) is 11.8 Å². The van der Waals surface area contributed by atoms with Crippen LogP contribution in [-0.4, -0.2) is 48.1 Å². The third-order valence-electron chi connectivity index (χ3n) is 2.27. The van der Waals surface area contributed by atoms with Crippen LogP contribution in [0.25, 0.3) is 0 Å². The van der Waals surface area contributed by atoms with Crippen LogP contribution in [0, 0.1) is 0 Å². The van der Waals surface area contributed by atoms with E-state index in [0.29, 0.717) is 19.6 Å². The summed E-state index contributed by atoms with van der Waals surface area (Å²) in [6, 6.07) is -0.455. The van der Waals surface area contributed by atoms with Gasteiger partial charge in [-0.15, -0.1) is 0 Å². The number of hydrogen-bond donors (Lipinski definition) is 0. The number of nitrogens with zero attached hydrogens (tertiary/aromatic N) is 2. The first-order valence-electron chi connectivity index (χ1n) is 5.44. The molecule has 0 aromatic rings. The van der Waals surface area contributed by atoms with Gasteiger partial charge in [0.25, 0.3) is 0 Å². The molecule has 0 aromatic carbocycles. The Bertz CT molecular complexity index is 283. The van der Waals surface area contributed by atoms with E-state index < -0.39 is 17.7 Å². The third kappa shape index (κ3) is 3.48. The fourth-order valence-corrected chi connectivity index (χ4v) is 1.53. The van der Waals surface area contributed by atoms with Crippen molar-refractivity contribution in [2.24, 2.45) is 0 Å². The second-order valence-electron chi connectivity index (χ2n) is 4.93. The van der Waals surface area contributed by atoms with Crippen LogP contribution in [0.15, 0.2) is 0 Å². The highest BCUT2D eigenvalue weighted by molar-refractivity contribution is 5.86. The predicted octanol–water partition coefficient (Wildman–Crippen LogP) is 0.799. The summed E-state index contributed by atoms with van der Waals surface area (Å²) in [7, 11) is 0. The molecule has 1 saturated heterocycles. The van der Waals surface area contributed by atoms with E-state index in [1.54, 1.807) is 0 Å². The van der Waals surface area contributed by atoms with Gasteiger partial charge in [0, 0.05) is 19.6 Å². The highest BCUT2D eigenvalue weighted by atomic mass is 16.6. The van der Waals surface area contributed by atoms with Crippen molar-refractivity contribution in [1.29, 1.82) is 0 Å². The summed E-state index contributed by atoms with van der Waals surface area (Å²) < 4.78 is 5.25. The lowest BCUT2D eigenvalue weighted by Crippen LogP contribution is -2.55. The molecule has 91 valence electrons. The molecule has 16 heavy (non-hydrogen) atoms. The molecule has 0 aromatic heterocycles. The molecule has 1 amide bonds. The van der Waals surface area contributed by atoms with Gasteiger partial charge < -0.3 is 4.74 Å². The molecule has 0 N–H and O–H groups in total. The van der Waals surface area contributed by atoms with Crippen molar-refractivity contribution in [3.8, 4) is 0 Å². The van der Waals surface area contributed by atoms with Crippen molar-refractivity contribution in [1.82, 2.24) is 10.2 Å². The molecule has 1 rings (SSSR count). The maximum absolute atomic E-state index is 11.8. The summed E-state index contributed by atoms with van der Waals surface area (Å²) >= 11 is 0. The van der Waals surface area contributed by atoms with Crippen molar-refractivity contribution >= 4 is 11.9 Å². The van der Waals surface area contributed by atoms with Crippen molar-refractivity contribution in [3.05, 3.63) is 0 Å². The van der Waals surface area contributed by atoms with Crippen LogP contribution in [0.4, 0.5) is 4.79 Å². The number of hydrogen-bond acceptors (Lipinski definition) is 3. The van der Waals surface area contributed by atoms with Crippen molar-refractivity contribution in [3.63, 3.8) is 0 Å². The van der Waals surface area contributed by atoms with Gasteiger partial charge in [0.05, 0.1) is 0 Å². The van der Waals surface area contributed by atoms with Crippen LogP contribution >= 0.6 is 0 Å². The van der Waals surface area contributed by atoms with Crippen LogP contribution < -0.4 is 5.32 Å². The van der Waals surface area contributed by atoms with Gasteiger partial charge in [0.15, 0.2) is 5.78 Å². The number of carbonyl (C=O) groups excluding carboxylic acids is 2. The number of rotatable bonds is 1. The molecule has 0 spiro atoms. The minimum Gasteiger partial charge on any atom is -0.444 e. The van der Waals surface area contributed by atoms with E-state index in [4.69, 9.17) is 4.74 Å². The molecule has 0 aliphatic carbocycles. The first-order chi connectivity index (χ1) is 7.31. The van der Waals surface area contributed by atoms with Crippen LogP contribution in [0.5, 0.6) is 0 Å². The number of piperazine rings is 1. The molecule has 1 aliphatic rings. The minimum absolute atomic E-state index is 0.0469. The summed E-state index contributed by atoms with van der Waals surface area (Å²) in [5, 5.41) is 4.14. The normalized spacial score (nSPS) is 21.8. The van der Waals surface area contributed by atoms with Crippen LogP contribution in [0.3, 0.4) is 0 Å². The first-order valence-corrected chi connectivity index (χ1v) is 5.44. The Hall–Kier alpha value is -1.10. The van der Waals surface area contributed by atoms with E-state index >= 15 is 0 Å². The zero-order chi connectivity index (χ0) is 12.3. The lowest BCUT2D eigenvalue weighted by molar-refractivity contribution is -0.122. The molecule has 1 atom stereocenters. The van der Waals surface area contributed by atoms with Gasteiger partial charge in [-0.1, -0.05) is 0 Å². The number of ketones is 1. The van der Waals surface area contributed by atoms with Crippen molar-refractivity contribution < 1.29 is 14.3 Å². The van der Waals surface area contributed by atoms with Crippen molar-refractivity contribution in [2.75, 3.05) is 19.6 Å². The average molecular weight is 227 g/mol. The van der Waals surface area contributed by atoms with E-state index in [2.05, 4.69) is 5.32 Å². The van der Waals surface area contributed by atoms with E-state index in [0.717, 1.165) is 0 Å². The average Bonchev–Trinajstić information content (AvgIpc) is 2.15. The SMILES string of the molecule is CC(=O)C1C[N]CCN1C(=O)OC(C)(C)C. The van der Waals surface area contributed by atoms with Gasteiger partial charge in [-0.25, -0.2) is 10.1 Å². The Morgan fingerprint density at radius 1 is 1.38 bits per heavy atom. The Morgan fingerprint density at radius 2 is 2.00 bits per heavy atom. The second-order valence-corrected chi connectivity index (χ2v) is 4.93. The zero-order valence-corrected chi connectivity index (χ0v) is 10.3. The number of amides is 1. The Balaban J connectivity index is 2.68. The summed E-state index contributed by atoms with van der Waals surface area (Å²) in [6.07, 6.45) is -0.428. The second kappa shape index (κ2) is 4.82. The van der Waals surface area contributed by atoms with Crippen molar-refractivity contribution in [2.45, 2.75) is 39.3 Å². The number of Topliss-reactive ketones (excluding diaryl/α,β-unsaturated/α-hetero) is 1. The van der Waals surface area contributed by atoms with E-state index in [9.17, 15) is 9.59 Å². The van der Waals surface area contributed by atoms with Crippen LogP contribution in [0.1, 0.15) is 27.7 Å². The molecule has 0 saturated carbocycles. The summed E-state index contributed by atoms with van der Waals surface area (Å²) in [4.78, 5) is 24.7. The highest BCUT2D eigenvalue weighted by Gasteiger charge is 2.33. The van der Waals surface area contributed by atoms with Gasteiger partial charge in [-0.2, -0.15) is 0 Å². The van der Waals surface area contributed by atoms with Gasteiger partial charge in [-0.05, 0) is 27.7 Å². The maximum Gasteiger partial charge on any atom is 0.410 e. The third-order valence-corrected chi connectivity index (χ3v) is 2.27.